The maximum Gasteiger partial charge on any atom is 0.407 e. The average Bonchev–Trinajstić information content (AvgIpc) is 3.54. The van der Waals surface area contributed by atoms with Crippen LogP contribution in [-0.4, -0.2) is 75.3 Å². The Labute approximate surface area is 272 Å². The molecule has 2 amide bonds. The molecule has 10 nitrogen and oxygen atoms in total. The summed E-state index contributed by atoms with van der Waals surface area (Å²) in [7, 11) is -2.60. The number of unbranched alkanes of at least 4 members (excludes halogenated alkanes) is 1. The van der Waals surface area contributed by atoms with E-state index in [1.54, 1.807) is 18.2 Å². The third-order valence-electron chi connectivity index (χ3n) is 8.37. The highest BCUT2D eigenvalue weighted by Crippen LogP contribution is 2.33. The van der Waals surface area contributed by atoms with Crippen LogP contribution in [0.4, 0.5) is 4.79 Å². The lowest BCUT2D eigenvalue weighted by molar-refractivity contribution is -0.123. The number of ether oxygens (including phenoxy) is 2. The van der Waals surface area contributed by atoms with Crippen molar-refractivity contribution in [2.75, 3.05) is 33.4 Å². The summed E-state index contributed by atoms with van der Waals surface area (Å²) in [6.07, 6.45) is 9.17. The highest BCUT2D eigenvalue weighted by molar-refractivity contribution is 7.89. The van der Waals surface area contributed by atoms with Crippen molar-refractivity contribution >= 4 is 22.0 Å². The van der Waals surface area contributed by atoms with Gasteiger partial charge < -0.3 is 25.2 Å². The monoisotopic (exact) mass is 653 g/mol. The minimum atomic E-state index is -3.87. The Morgan fingerprint density at radius 2 is 1.87 bits per heavy atom. The number of methoxy groups -OCH3 is 1. The van der Waals surface area contributed by atoms with Gasteiger partial charge >= 0.3 is 6.09 Å². The fourth-order valence-electron chi connectivity index (χ4n) is 6.06. The van der Waals surface area contributed by atoms with Crippen LogP contribution in [0.15, 0.2) is 77.2 Å². The van der Waals surface area contributed by atoms with Gasteiger partial charge in [0.15, 0.2) is 0 Å². The number of carbonyl (C=O) groups excluding carboxylic acids is 2. The molecule has 3 atom stereocenters. The molecule has 1 unspecified atom stereocenters. The van der Waals surface area contributed by atoms with Crippen molar-refractivity contribution in [3.8, 4) is 5.75 Å². The number of aliphatic hydroxyl groups is 1. The van der Waals surface area contributed by atoms with Crippen molar-refractivity contribution in [1.82, 2.24) is 14.9 Å². The van der Waals surface area contributed by atoms with E-state index in [0.717, 1.165) is 29.5 Å². The van der Waals surface area contributed by atoms with E-state index in [-0.39, 0.29) is 35.8 Å². The molecule has 0 bridgehead atoms. The van der Waals surface area contributed by atoms with E-state index in [0.29, 0.717) is 44.6 Å². The molecule has 2 aliphatic rings. The normalized spacial score (nSPS) is 16.3. The SMILES string of the molecule is COC(=O)N[C@H](C(=O)NCCCC[C@@H](CO)N(CC(C)C)S(=O)(=O)c1ccc2c(c1)CCO2)C(C1=CC=CCC1)c1ccccc1. The summed E-state index contributed by atoms with van der Waals surface area (Å²) < 4.78 is 39.5. The van der Waals surface area contributed by atoms with E-state index < -0.39 is 28.2 Å². The van der Waals surface area contributed by atoms with Gasteiger partial charge in [-0.15, -0.1) is 0 Å². The molecule has 1 aliphatic heterocycles. The first kappa shape index (κ1) is 35.2. The number of allylic oxidation sites excluding steroid dienone is 3. The van der Waals surface area contributed by atoms with Crippen molar-refractivity contribution < 1.29 is 32.6 Å². The Morgan fingerprint density at radius 3 is 2.54 bits per heavy atom. The van der Waals surface area contributed by atoms with Gasteiger partial charge in [0.2, 0.25) is 15.9 Å². The van der Waals surface area contributed by atoms with Gasteiger partial charge in [0.1, 0.15) is 11.8 Å². The summed E-state index contributed by atoms with van der Waals surface area (Å²) in [5, 5.41) is 16.1. The summed E-state index contributed by atoms with van der Waals surface area (Å²) in [6, 6.07) is 13.1. The van der Waals surface area contributed by atoms with Crippen molar-refractivity contribution in [3.05, 3.63) is 83.5 Å². The zero-order chi connectivity index (χ0) is 33.1. The molecule has 11 heteroatoms. The van der Waals surface area contributed by atoms with Crippen LogP contribution < -0.4 is 15.4 Å². The molecule has 1 heterocycles. The third kappa shape index (κ3) is 8.98. The predicted molar refractivity (Wildman–Crippen MR) is 177 cm³/mol. The molecule has 250 valence electrons. The lowest BCUT2D eigenvalue weighted by atomic mass is 9.81. The standard InChI is InChI=1S/C35H47N3O7S/c1-25(2)23-38(46(42,43)30-17-18-31-28(22-30)19-21-45-31)29(24-39)16-10-11-20-36-34(40)33(37-35(41)44-3)32(26-12-6-4-7-13-26)27-14-8-5-9-15-27/h4-8,12-14,17-18,22,25,29,32-33,39H,9-11,15-16,19-21,23-24H2,1-3H3,(H,36,40)(H,37,41)/t29-,32?,33-/m0/s1. The molecular formula is C35H47N3O7S. The van der Waals surface area contributed by atoms with E-state index in [1.165, 1.54) is 11.4 Å². The van der Waals surface area contributed by atoms with Crippen LogP contribution in [0.2, 0.25) is 0 Å². The number of rotatable bonds is 16. The first-order valence-electron chi connectivity index (χ1n) is 16.1. The lowest BCUT2D eigenvalue weighted by Gasteiger charge is -2.31. The zero-order valence-corrected chi connectivity index (χ0v) is 27.8. The summed E-state index contributed by atoms with van der Waals surface area (Å²) in [5.41, 5.74) is 2.82. The molecule has 2 aromatic rings. The van der Waals surface area contributed by atoms with Crippen LogP contribution in [0, 0.1) is 5.92 Å². The number of hydrogen-bond donors (Lipinski definition) is 3. The second-order valence-corrected chi connectivity index (χ2v) is 14.1. The second-order valence-electron chi connectivity index (χ2n) is 12.2. The van der Waals surface area contributed by atoms with E-state index in [2.05, 4.69) is 16.7 Å². The number of hydrogen-bond acceptors (Lipinski definition) is 7. The van der Waals surface area contributed by atoms with Gasteiger partial charge in [0, 0.05) is 31.5 Å². The molecule has 0 fully saturated rings. The average molecular weight is 654 g/mol. The van der Waals surface area contributed by atoms with Crippen LogP contribution in [0.3, 0.4) is 0 Å². The minimum absolute atomic E-state index is 0.0486. The van der Waals surface area contributed by atoms with Gasteiger partial charge in [0.25, 0.3) is 0 Å². The van der Waals surface area contributed by atoms with Crippen molar-refractivity contribution in [2.45, 2.75) is 75.3 Å². The Hall–Kier alpha value is -3.67. The van der Waals surface area contributed by atoms with Gasteiger partial charge in [-0.2, -0.15) is 4.31 Å². The molecule has 4 rings (SSSR count). The predicted octanol–water partition coefficient (Wildman–Crippen LogP) is 4.70. The lowest BCUT2D eigenvalue weighted by Crippen LogP contribution is -2.50. The number of nitrogens with zero attached hydrogens (tertiary/aromatic N) is 1. The molecule has 0 aromatic heterocycles. The quantitative estimate of drug-likeness (QED) is 0.224. The van der Waals surface area contributed by atoms with Crippen molar-refractivity contribution in [2.24, 2.45) is 5.92 Å². The molecular weight excluding hydrogens is 606 g/mol. The first-order valence-corrected chi connectivity index (χ1v) is 17.5. The highest BCUT2D eigenvalue weighted by Gasteiger charge is 2.35. The first-order chi connectivity index (χ1) is 22.1. The number of sulfonamides is 1. The molecule has 1 aliphatic carbocycles. The van der Waals surface area contributed by atoms with Gasteiger partial charge in [-0.1, -0.05) is 74.4 Å². The number of carbonyl (C=O) groups is 2. The molecule has 0 radical (unpaired) electrons. The van der Waals surface area contributed by atoms with E-state index >= 15 is 0 Å². The third-order valence-corrected chi connectivity index (χ3v) is 10.3. The van der Waals surface area contributed by atoms with E-state index in [9.17, 15) is 23.1 Å². The molecule has 2 aromatic carbocycles. The number of benzene rings is 2. The zero-order valence-electron chi connectivity index (χ0n) is 27.0. The van der Waals surface area contributed by atoms with Crippen LogP contribution >= 0.6 is 0 Å². The van der Waals surface area contributed by atoms with Crippen molar-refractivity contribution in [3.63, 3.8) is 0 Å². The summed E-state index contributed by atoms with van der Waals surface area (Å²) in [5.74, 6) is 0.0385. The fourth-order valence-corrected chi connectivity index (χ4v) is 7.92. The number of aliphatic hydroxyl groups excluding tert-OH is 1. The van der Waals surface area contributed by atoms with Crippen LogP contribution in [0.5, 0.6) is 5.75 Å². The van der Waals surface area contributed by atoms with Crippen LogP contribution in [0.1, 0.15) is 63.0 Å². The van der Waals surface area contributed by atoms with Crippen LogP contribution in [-0.2, 0) is 26.0 Å². The minimum Gasteiger partial charge on any atom is -0.493 e. The smallest absolute Gasteiger partial charge is 0.407 e. The molecule has 3 N–H and O–H groups in total. The highest BCUT2D eigenvalue weighted by atomic mass is 32.2. The molecule has 0 saturated carbocycles. The van der Waals surface area contributed by atoms with E-state index in [4.69, 9.17) is 9.47 Å². The van der Waals surface area contributed by atoms with Gasteiger partial charge in [-0.05, 0) is 60.9 Å². The summed E-state index contributed by atoms with van der Waals surface area (Å²) in [4.78, 5) is 26.2. The van der Waals surface area contributed by atoms with Gasteiger partial charge in [-0.25, -0.2) is 13.2 Å². The van der Waals surface area contributed by atoms with E-state index in [1.807, 2.05) is 56.3 Å². The maximum absolute atomic E-state index is 13.8. The number of fused-ring (bicyclic) bond motifs is 1. The number of alkyl carbamates (subject to hydrolysis) is 1. The van der Waals surface area contributed by atoms with Crippen LogP contribution in [0.25, 0.3) is 0 Å². The molecule has 0 saturated heterocycles. The molecule has 46 heavy (non-hydrogen) atoms. The summed E-state index contributed by atoms with van der Waals surface area (Å²) >= 11 is 0. The number of nitrogens with one attached hydrogen (secondary N) is 2. The largest absolute Gasteiger partial charge is 0.493 e. The summed E-state index contributed by atoms with van der Waals surface area (Å²) in [6.45, 7) is 4.70. The second kappa shape index (κ2) is 16.8. The fraction of sp³-hybridized carbons (Fsp3) is 0.486. The number of amides is 2. The maximum atomic E-state index is 13.8. The Kier molecular flexibility index (Phi) is 12.8. The Balaban J connectivity index is 1.42. The topological polar surface area (TPSA) is 134 Å². The van der Waals surface area contributed by atoms with Crippen molar-refractivity contribution in [1.29, 1.82) is 0 Å². The Bertz CT molecular complexity index is 1490. The van der Waals surface area contributed by atoms with Gasteiger partial charge in [0.05, 0.1) is 25.2 Å². The molecule has 0 spiro atoms. The Morgan fingerprint density at radius 1 is 1.09 bits per heavy atom. The van der Waals surface area contributed by atoms with Gasteiger partial charge in [-0.3, -0.25) is 4.79 Å².